The normalized spacial score (nSPS) is 13.9. The maximum Gasteiger partial charge on any atom is 0.224 e. The van der Waals surface area contributed by atoms with Gasteiger partial charge in [0.1, 0.15) is 0 Å². The number of hydrogen-bond acceptors (Lipinski definition) is 2. The second kappa shape index (κ2) is 7.70. The molecule has 5 nitrogen and oxygen atoms in total. The van der Waals surface area contributed by atoms with E-state index in [9.17, 15) is 4.79 Å². The predicted molar refractivity (Wildman–Crippen MR) is 77.8 cm³/mol. The fourth-order valence-electron chi connectivity index (χ4n) is 0.761. The van der Waals surface area contributed by atoms with Crippen molar-refractivity contribution in [1.82, 2.24) is 5.32 Å². The highest BCUT2D eigenvalue weighted by molar-refractivity contribution is 14.0. The van der Waals surface area contributed by atoms with Crippen LogP contribution in [0.2, 0.25) is 0 Å². The number of aliphatic imine (C=N–C) groups is 1. The quantitative estimate of drug-likeness (QED) is 0.392. The summed E-state index contributed by atoms with van der Waals surface area (Å²) in [6.45, 7) is 7.86. The summed E-state index contributed by atoms with van der Waals surface area (Å²) in [5, 5.41) is 3.02. The lowest BCUT2D eigenvalue weighted by Crippen LogP contribution is -2.40. The molecular weight excluding hydrogens is 319 g/mol. The second-order valence-electron chi connectivity index (χ2n) is 4.40. The van der Waals surface area contributed by atoms with E-state index in [4.69, 9.17) is 11.5 Å². The number of halogens is 1. The fourth-order valence-corrected chi connectivity index (χ4v) is 0.761. The molecule has 0 aromatic carbocycles. The Hall–Kier alpha value is -0.530. The largest absolute Gasteiger partial charge is 0.370 e. The number of rotatable bonds is 5. The summed E-state index contributed by atoms with van der Waals surface area (Å²) in [5.74, 6) is -0.0127. The molecule has 1 amide bonds. The molecule has 1 unspecified atom stereocenters. The highest BCUT2D eigenvalue weighted by Crippen LogP contribution is 2.13. The van der Waals surface area contributed by atoms with Crippen LogP contribution in [0.15, 0.2) is 4.99 Å². The number of carbonyl (C=O) groups is 1. The first-order valence-corrected chi connectivity index (χ1v) is 5.16. The molecule has 0 radical (unpaired) electrons. The molecule has 0 spiro atoms. The van der Waals surface area contributed by atoms with Gasteiger partial charge in [0.2, 0.25) is 5.91 Å². The van der Waals surface area contributed by atoms with Gasteiger partial charge in [0.05, 0.1) is 12.0 Å². The van der Waals surface area contributed by atoms with Gasteiger partial charge in [0.15, 0.2) is 5.96 Å². The topological polar surface area (TPSA) is 93.5 Å². The number of hydrogen-bond donors (Lipinski definition) is 3. The van der Waals surface area contributed by atoms with Crippen molar-refractivity contribution in [2.24, 2.45) is 21.9 Å². The smallest absolute Gasteiger partial charge is 0.224 e. The first kappa shape index (κ1) is 17.9. The maximum atomic E-state index is 11.0. The number of nitrogens with two attached hydrogens (primary N) is 2. The van der Waals surface area contributed by atoms with Crippen molar-refractivity contribution < 1.29 is 4.79 Å². The Morgan fingerprint density at radius 2 is 1.94 bits per heavy atom. The van der Waals surface area contributed by atoms with Gasteiger partial charge in [-0.15, -0.1) is 24.0 Å². The Labute approximate surface area is 114 Å². The van der Waals surface area contributed by atoms with Crippen LogP contribution in [0, 0.1) is 5.41 Å². The number of nitrogens with one attached hydrogen (secondary N) is 1. The van der Waals surface area contributed by atoms with Crippen LogP contribution in [0.4, 0.5) is 0 Å². The van der Waals surface area contributed by atoms with Crippen LogP contribution in [0.5, 0.6) is 0 Å². The van der Waals surface area contributed by atoms with Crippen LogP contribution >= 0.6 is 24.0 Å². The van der Waals surface area contributed by atoms with E-state index < -0.39 is 5.41 Å². The zero-order valence-electron chi connectivity index (χ0n) is 10.4. The zero-order valence-corrected chi connectivity index (χ0v) is 12.7. The van der Waals surface area contributed by atoms with Crippen LogP contribution in [0.25, 0.3) is 0 Å². The molecule has 0 saturated heterocycles. The Bertz CT molecular complexity index is 253. The van der Waals surface area contributed by atoms with Crippen molar-refractivity contribution in [3.8, 4) is 0 Å². The molecule has 0 aliphatic carbocycles. The summed E-state index contributed by atoms with van der Waals surface area (Å²) >= 11 is 0. The summed E-state index contributed by atoms with van der Waals surface area (Å²) in [4.78, 5) is 15.1. The lowest BCUT2D eigenvalue weighted by atomic mass is 9.93. The minimum Gasteiger partial charge on any atom is -0.370 e. The van der Waals surface area contributed by atoms with Crippen molar-refractivity contribution in [1.29, 1.82) is 0 Å². The third kappa shape index (κ3) is 6.86. The van der Waals surface area contributed by atoms with Gasteiger partial charge in [-0.3, -0.25) is 9.79 Å². The second-order valence-corrected chi connectivity index (χ2v) is 4.40. The molecule has 16 heavy (non-hydrogen) atoms. The summed E-state index contributed by atoms with van der Waals surface area (Å²) in [6.07, 6.45) is 0.968. The Balaban J connectivity index is 0. The SMILES string of the molecule is CCC(C)NC(N)=NCC(C)(C)C(N)=O.I. The maximum absolute atomic E-state index is 11.0. The number of amides is 1. The fraction of sp³-hybridized carbons (Fsp3) is 0.800. The van der Waals surface area contributed by atoms with Gasteiger partial charge in [-0.2, -0.15) is 0 Å². The molecule has 5 N–H and O–H groups in total. The van der Waals surface area contributed by atoms with E-state index in [2.05, 4.69) is 17.2 Å². The van der Waals surface area contributed by atoms with E-state index >= 15 is 0 Å². The van der Waals surface area contributed by atoms with Gasteiger partial charge in [-0.1, -0.05) is 6.92 Å². The highest BCUT2D eigenvalue weighted by atomic mass is 127. The molecule has 0 heterocycles. The van der Waals surface area contributed by atoms with E-state index in [-0.39, 0.29) is 35.9 Å². The van der Waals surface area contributed by atoms with Crippen LogP contribution < -0.4 is 16.8 Å². The van der Waals surface area contributed by atoms with E-state index in [1.807, 2.05) is 6.92 Å². The molecule has 6 heteroatoms. The number of nitrogens with zero attached hydrogens (tertiary/aromatic N) is 1. The van der Waals surface area contributed by atoms with E-state index in [0.717, 1.165) is 6.42 Å². The van der Waals surface area contributed by atoms with Gasteiger partial charge in [-0.05, 0) is 27.2 Å². The van der Waals surface area contributed by atoms with Gasteiger partial charge in [0.25, 0.3) is 0 Å². The minimum absolute atomic E-state index is 0. The minimum atomic E-state index is -0.651. The summed E-state index contributed by atoms with van der Waals surface area (Å²) in [5.41, 5.74) is 10.2. The van der Waals surface area contributed by atoms with Crippen molar-refractivity contribution in [2.75, 3.05) is 6.54 Å². The number of primary amides is 1. The molecule has 96 valence electrons. The molecule has 0 fully saturated rings. The average molecular weight is 342 g/mol. The van der Waals surface area contributed by atoms with Crippen molar-refractivity contribution in [2.45, 2.75) is 40.2 Å². The molecular formula is C10H23IN4O. The molecule has 0 bridgehead atoms. The molecule has 0 aromatic rings. The number of guanidine groups is 1. The van der Waals surface area contributed by atoms with Gasteiger partial charge in [-0.25, -0.2) is 0 Å². The van der Waals surface area contributed by atoms with Gasteiger partial charge >= 0.3 is 0 Å². The van der Waals surface area contributed by atoms with Crippen LogP contribution in [-0.4, -0.2) is 24.5 Å². The lowest BCUT2D eigenvalue weighted by Gasteiger charge is -2.18. The predicted octanol–water partition coefficient (Wildman–Crippen LogP) is 0.819. The Kier molecular flexibility index (Phi) is 8.59. The van der Waals surface area contributed by atoms with Crippen LogP contribution in [-0.2, 0) is 4.79 Å². The lowest BCUT2D eigenvalue weighted by molar-refractivity contribution is -0.125. The molecule has 0 aliphatic heterocycles. The standard InChI is InChI=1S/C10H22N4O.HI/c1-5-7(2)14-9(12)13-6-10(3,4)8(11)15;/h7H,5-6H2,1-4H3,(H2,11,15)(H3,12,13,14);1H. The zero-order chi connectivity index (χ0) is 12.1. The van der Waals surface area contributed by atoms with Crippen molar-refractivity contribution in [3.05, 3.63) is 0 Å². The Morgan fingerprint density at radius 1 is 1.44 bits per heavy atom. The molecule has 0 saturated carbocycles. The average Bonchev–Trinajstić information content (AvgIpc) is 2.14. The van der Waals surface area contributed by atoms with Crippen molar-refractivity contribution >= 4 is 35.8 Å². The Morgan fingerprint density at radius 3 is 2.31 bits per heavy atom. The van der Waals surface area contributed by atoms with Crippen LogP contribution in [0.1, 0.15) is 34.1 Å². The number of carbonyl (C=O) groups excluding carboxylic acids is 1. The van der Waals surface area contributed by atoms with E-state index in [0.29, 0.717) is 12.5 Å². The van der Waals surface area contributed by atoms with Crippen LogP contribution in [0.3, 0.4) is 0 Å². The molecule has 1 atom stereocenters. The van der Waals surface area contributed by atoms with Gasteiger partial charge < -0.3 is 16.8 Å². The first-order chi connectivity index (χ1) is 6.79. The summed E-state index contributed by atoms with van der Waals surface area (Å²) < 4.78 is 0. The third-order valence-corrected chi connectivity index (χ3v) is 2.32. The molecule has 0 aliphatic rings. The van der Waals surface area contributed by atoms with E-state index in [1.54, 1.807) is 13.8 Å². The monoisotopic (exact) mass is 342 g/mol. The molecule has 0 rings (SSSR count). The molecule has 0 aromatic heterocycles. The summed E-state index contributed by atoms with van der Waals surface area (Å²) in [7, 11) is 0. The van der Waals surface area contributed by atoms with Crippen molar-refractivity contribution in [3.63, 3.8) is 0 Å². The first-order valence-electron chi connectivity index (χ1n) is 5.16. The van der Waals surface area contributed by atoms with E-state index in [1.165, 1.54) is 0 Å². The third-order valence-electron chi connectivity index (χ3n) is 2.32. The highest BCUT2D eigenvalue weighted by Gasteiger charge is 2.24. The summed E-state index contributed by atoms with van der Waals surface area (Å²) in [6, 6.07) is 0.283. The van der Waals surface area contributed by atoms with Gasteiger partial charge in [0, 0.05) is 6.04 Å².